The van der Waals surface area contributed by atoms with Crippen molar-refractivity contribution in [2.45, 2.75) is 38.3 Å². The molecule has 2 N–H and O–H groups in total. The van der Waals surface area contributed by atoms with Crippen molar-refractivity contribution < 1.29 is 5.11 Å². The number of tetrazole rings is 1. The highest BCUT2D eigenvalue weighted by Gasteiger charge is 2.22. The number of aromatic nitrogens is 4. The fourth-order valence-corrected chi connectivity index (χ4v) is 2.91. The Morgan fingerprint density at radius 3 is 3.05 bits per heavy atom. The molecule has 1 aromatic carbocycles. The summed E-state index contributed by atoms with van der Waals surface area (Å²) in [6.45, 7) is 3.11. The largest absolute Gasteiger partial charge is 0.393 e. The molecule has 1 heterocycles. The van der Waals surface area contributed by atoms with Gasteiger partial charge >= 0.3 is 0 Å². The third-order valence-electron chi connectivity index (χ3n) is 4.21. The Kier molecular flexibility index (Phi) is 4.26. The van der Waals surface area contributed by atoms with E-state index in [2.05, 4.69) is 39.9 Å². The van der Waals surface area contributed by atoms with E-state index in [4.69, 9.17) is 0 Å². The van der Waals surface area contributed by atoms with Gasteiger partial charge in [0.25, 0.3) is 0 Å². The zero-order chi connectivity index (χ0) is 14.7. The number of nitrogens with zero attached hydrogens (tertiary/aromatic N) is 4. The molecule has 3 atom stereocenters. The van der Waals surface area contributed by atoms with Gasteiger partial charge in [0.15, 0.2) is 0 Å². The Bertz CT molecular complexity index is 571. The number of aliphatic hydroxyl groups excluding tert-OH is 1. The van der Waals surface area contributed by atoms with Gasteiger partial charge in [-0.3, -0.25) is 0 Å². The minimum absolute atomic E-state index is 0.102. The van der Waals surface area contributed by atoms with E-state index in [1.807, 2.05) is 12.1 Å². The topological polar surface area (TPSA) is 75.9 Å². The molecule has 1 aromatic heterocycles. The molecule has 3 unspecified atom stereocenters. The Morgan fingerprint density at radius 1 is 1.43 bits per heavy atom. The van der Waals surface area contributed by atoms with Crippen molar-refractivity contribution >= 4 is 0 Å². The first-order chi connectivity index (χ1) is 10.2. The molecule has 21 heavy (non-hydrogen) atoms. The van der Waals surface area contributed by atoms with Gasteiger partial charge in [-0.2, -0.15) is 0 Å². The van der Waals surface area contributed by atoms with E-state index in [1.165, 1.54) is 5.56 Å². The van der Waals surface area contributed by atoms with Gasteiger partial charge in [-0.25, -0.2) is 4.68 Å². The van der Waals surface area contributed by atoms with E-state index in [0.717, 1.165) is 31.5 Å². The number of benzene rings is 1. The Labute approximate surface area is 124 Å². The summed E-state index contributed by atoms with van der Waals surface area (Å²) in [5.41, 5.74) is 2.17. The van der Waals surface area contributed by atoms with Crippen molar-refractivity contribution in [2.75, 3.05) is 6.54 Å². The summed E-state index contributed by atoms with van der Waals surface area (Å²) >= 11 is 0. The molecule has 0 bridgehead atoms. The number of aliphatic hydroxyl groups is 1. The predicted octanol–water partition coefficient (Wildman–Crippen LogP) is 1.47. The van der Waals surface area contributed by atoms with Crippen LogP contribution in [-0.2, 0) is 0 Å². The maximum atomic E-state index is 9.57. The fourth-order valence-electron chi connectivity index (χ4n) is 2.91. The molecule has 3 rings (SSSR count). The molecule has 1 aliphatic rings. The van der Waals surface area contributed by atoms with Gasteiger partial charge < -0.3 is 10.4 Å². The van der Waals surface area contributed by atoms with Gasteiger partial charge in [-0.1, -0.05) is 12.1 Å². The maximum absolute atomic E-state index is 9.57. The van der Waals surface area contributed by atoms with Crippen LogP contribution in [0.3, 0.4) is 0 Å². The first kappa shape index (κ1) is 14.2. The summed E-state index contributed by atoms with van der Waals surface area (Å²) in [6, 6.07) is 8.47. The minimum Gasteiger partial charge on any atom is -0.393 e. The van der Waals surface area contributed by atoms with Gasteiger partial charge in [-0.05, 0) is 66.8 Å². The highest BCUT2D eigenvalue weighted by Crippen LogP contribution is 2.25. The molecule has 2 aromatic rings. The molecule has 112 valence electrons. The summed E-state index contributed by atoms with van der Waals surface area (Å²) < 4.78 is 1.66. The summed E-state index contributed by atoms with van der Waals surface area (Å²) in [4.78, 5) is 0. The van der Waals surface area contributed by atoms with Crippen LogP contribution in [0.2, 0.25) is 0 Å². The average molecular weight is 287 g/mol. The van der Waals surface area contributed by atoms with Crippen molar-refractivity contribution in [3.63, 3.8) is 0 Å². The van der Waals surface area contributed by atoms with Crippen molar-refractivity contribution in [1.29, 1.82) is 0 Å². The van der Waals surface area contributed by atoms with Gasteiger partial charge in [0.2, 0.25) is 0 Å². The summed E-state index contributed by atoms with van der Waals surface area (Å²) in [5.74, 6) is 0.588. The zero-order valence-electron chi connectivity index (χ0n) is 12.2. The Morgan fingerprint density at radius 2 is 2.33 bits per heavy atom. The van der Waals surface area contributed by atoms with Crippen molar-refractivity contribution in [1.82, 2.24) is 25.5 Å². The van der Waals surface area contributed by atoms with Gasteiger partial charge in [0.1, 0.15) is 6.33 Å². The molecular weight excluding hydrogens is 266 g/mol. The molecule has 1 aliphatic carbocycles. The normalized spacial score (nSPS) is 23.3. The highest BCUT2D eigenvalue weighted by molar-refractivity contribution is 5.35. The van der Waals surface area contributed by atoms with Crippen LogP contribution in [0.4, 0.5) is 0 Å². The second kappa shape index (κ2) is 6.32. The molecule has 6 heteroatoms. The molecular formula is C15H21N5O. The smallest absolute Gasteiger partial charge is 0.143 e. The summed E-state index contributed by atoms with van der Waals surface area (Å²) in [6.07, 6.45) is 4.47. The zero-order valence-corrected chi connectivity index (χ0v) is 12.2. The van der Waals surface area contributed by atoms with E-state index in [9.17, 15) is 5.11 Å². The Hall–Kier alpha value is -1.79. The lowest BCUT2D eigenvalue weighted by Gasteiger charge is -2.18. The van der Waals surface area contributed by atoms with Gasteiger partial charge in [0.05, 0.1) is 11.8 Å². The SMILES string of the molecule is CC(NCC1CCC(O)C1)c1cccc(-n2cnnn2)c1. The third-order valence-corrected chi connectivity index (χ3v) is 4.21. The second-order valence-corrected chi connectivity index (χ2v) is 5.81. The molecule has 0 aliphatic heterocycles. The lowest BCUT2D eigenvalue weighted by molar-refractivity contribution is 0.177. The van der Waals surface area contributed by atoms with E-state index in [-0.39, 0.29) is 12.1 Å². The quantitative estimate of drug-likeness (QED) is 0.871. The molecule has 0 radical (unpaired) electrons. The monoisotopic (exact) mass is 287 g/mol. The van der Waals surface area contributed by atoms with Crippen LogP contribution in [0.25, 0.3) is 5.69 Å². The van der Waals surface area contributed by atoms with Crippen LogP contribution in [0.1, 0.15) is 37.8 Å². The van der Waals surface area contributed by atoms with Crippen molar-refractivity contribution in [3.05, 3.63) is 36.2 Å². The Balaban J connectivity index is 1.62. The van der Waals surface area contributed by atoms with E-state index in [0.29, 0.717) is 5.92 Å². The molecule has 0 spiro atoms. The third kappa shape index (κ3) is 3.46. The molecule has 6 nitrogen and oxygen atoms in total. The van der Waals surface area contributed by atoms with Gasteiger partial charge in [0, 0.05) is 6.04 Å². The number of rotatable bonds is 5. The molecule has 1 fully saturated rings. The van der Waals surface area contributed by atoms with E-state index < -0.39 is 0 Å². The maximum Gasteiger partial charge on any atom is 0.143 e. The fraction of sp³-hybridized carbons (Fsp3) is 0.533. The van der Waals surface area contributed by atoms with Crippen LogP contribution in [0.5, 0.6) is 0 Å². The second-order valence-electron chi connectivity index (χ2n) is 5.81. The lowest BCUT2D eigenvalue weighted by atomic mass is 10.0. The number of hydrogen-bond acceptors (Lipinski definition) is 5. The van der Waals surface area contributed by atoms with Crippen LogP contribution < -0.4 is 5.32 Å². The van der Waals surface area contributed by atoms with E-state index >= 15 is 0 Å². The highest BCUT2D eigenvalue weighted by atomic mass is 16.3. The molecule has 0 amide bonds. The van der Waals surface area contributed by atoms with Crippen LogP contribution in [0, 0.1) is 5.92 Å². The standard InChI is InChI=1S/C15H21N5O/c1-11(16-9-12-5-6-15(21)7-12)13-3-2-4-14(8-13)20-10-17-18-19-20/h2-4,8,10-12,15-16,21H,5-7,9H2,1H3. The average Bonchev–Trinajstić information content (AvgIpc) is 3.16. The minimum atomic E-state index is -0.102. The van der Waals surface area contributed by atoms with Crippen LogP contribution in [-0.4, -0.2) is 38.0 Å². The predicted molar refractivity (Wildman–Crippen MR) is 78.9 cm³/mol. The first-order valence-corrected chi connectivity index (χ1v) is 7.47. The number of hydrogen-bond donors (Lipinski definition) is 2. The molecule has 0 saturated heterocycles. The lowest BCUT2D eigenvalue weighted by Crippen LogP contribution is -2.25. The van der Waals surface area contributed by atoms with Crippen LogP contribution in [0.15, 0.2) is 30.6 Å². The van der Waals surface area contributed by atoms with E-state index in [1.54, 1.807) is 11.0 Å². The first-order valence-electron chi connectivity index (χ1n) is 7.47. The molecule has 1 saturated carbocycles. The van der Waals surface area contributed by atoms with Crippen molar-refractivity contribution in [3.8, 4) is 5.69 Å². The van der Waals surface area contributed by atoms with Gasteiger partial charge in [-0.15, -0.1) is 5.10 Å². The summed E-state index contributed by atoms with van der Waals surface area (Å²) in [5, 5.41) is 24.4. The number of nitrogens with one attached hydrogen (secondary N) is 1. The van der Waals surface area contributed by atoms with Crippen LogP contribution >= 0.6 is 0 Å². The summed E-state index contributed by atoms with van der Waals surface area (Å²) in [7, 11) is 0. The van der Waals surface area contributed by atoms with Crippen molar-refractivity contribution in [2.24, 2.45) is 5.92 Å².